The van der Waals surface area contributed by atoms with Crippen molar-refractivity contribution in [3.63, 3.8) is 0 Å². The summed E-state index contributed by atoms with van der Waals surface area (Å²) < 4.78 is 27.4. The van der Waals surface area contributed by atoms with Gasteiger partial charge in [0.15, 0.2) is 11.9 Å². The van der Waals surface area contributed by atoms with Gasteiger partial charge in [-0.05, 0) is 37.1 Å². The quantitative estimate of drug-likeness (QED) is 0.0705. The van der Waals surface area contributed by atoms with E-state index in [-0.39, 0.29) is 43.0 Å². The standard InChI is InChI=1S/C34H43NO14/c1-7-8-11-46-30(42)35-23(18-10-9-12-45-18)25(39)29(41)49-19-14-34(44)28(48-17(3)36)26-32(6,20(37)13-21-33(26,43)15-47-21)27(40)24(38)22(16(19)2)31(34,4)5/h1,9-10,12,19-21,23-26,28,37-39,43-44H,8,11,13-15H2,2-6H3,(H,35,42)/t19-,20-,21+,23-,24+,25+,26-,28-,32+,33-,34+/m0/s1. The van der Waals surface area contributed by atoms with E-state index < -0.39 is 101 Å². The van der Waals surface area contributed by atoms with Crippen LogP contribution in [0.5, 0.6) is 0 Å². The van der Waals surface area contributed by atoms with Gasteiger partial charge in [-0.25, -0.2) is 9.59 Å². The predicted octanol–water partition coefficient (Wildman–Crippen LogP) is 0.213. The topological polar surface area (TPSA) is 232 Å². The molecule has 0 aromatic carbocycles. The number of hydrogen-bond donors (Lipinski definition) is 6. The van der Waals surface area contributed by atoms with Gasteiger partial charge in [-0.15, -0.1) is 12.3 Å². The molecule has 2 saturated carbocycles. The minimum atomic E-state index is -2.26. The molecule has 1 aromatic rings. The van der Waals surface area contributed by atoms with E-state index in [1.807, 2.05) is 0 Å². The summed E-state index contributed by atoms with van der Waals surface area (Å²) in [4.78, 5) is 53.1. The van der Waals surface area contributed by atoms with Crippen LogP contribution in [-0.4, -0.2) is 110 Å². The fourth-order valence-corrected chi connectivity index (χ4v) is 8.29. The van der Waals surface area contributed by atoms with E-state index in [0.29, 0.717) is 0 Å². The van der Waals surface area contributed by atoms with Crippen LogP contribution in [0.1, 0.15) is 65.7 Å². The number of fused-ring (bicyclic) bond motifs is 5. The summed E-state index contributed by atoms with van der Waals surface area (Å²) >= 11 is 0. The van der Waals surface area contributed by atoms with Crippen molar-refractivity contribution in [3.8, 4) is 12.3 Å². The van der Waals surface area contributed by atoms with Gasteiger partial charge in [0.1, 0.15) is 47.9 Å². The minimum Gasteiger partial charge on any atom is -0.467 e. The highest BCUT2D eigenvalue weighted by atomic mass is 16.6. The van der Waals surface area contributed by atoms with Crippen molar-refractivity contribution in [3.05, 3.63) is 35.3 Å². The number of rotatable bonds is 8. The van der Waals surface area contributed by atoms with Crippen LogP contribution in [0.2, 0.25) is 0 Å². The maximum absolute atomic E-state index is 14.4. The fourth-order valence-electron chi connectivity index (χ4n) is 8.29. The zero-order valence-electron chi connectivity index (χ0n) is 27.9. The second kappa shape index (κ2) is 12.8. The predicted molar refractivity (Wildman–Crippen MR) is 165 cm³/mol. The molecule has 1 saturated heterocycles. The van der Waals surface area contributed by atoms with E-state index in [0.717, 1.165) is 6.92 Å². The molecule has 4 aliphatic rings. The van der Waals surface area contributed by atoms with Crippen LogP contribution in [0.15, 0.2) is 34.0 Å². The monoisotopic (exact) mass is 689 g/mol. The summed E-state index contributed by atoms with van der Waals surface area (Å²) in [7, 11) is 0. The number of carbonyl (C=O) groups is 4. The van der Waals surface area contributed by atoms with Gasteiger partial charge in [-0.1, -0.05) is 13.8 Å². The van der Waals surface area contributed by atoms with E-state index in [2.05, 4.69) is 11.2 Å². The molecule has 1 amide bonds. The van der Waals surface area contributed by atoms with Crippen LogP contribution in [0.3, 0.4) is 0 Å². The van der Waals surface area contributed by atoms with Gasteiger partial charge in [0.25, 0.3) is 0 Å². The molecular weight excluding hydrogens is 646 g/mol. The van der Waals surface area contributed by atoms with Crippen molar-refractivity contribution in [2.75, 3.05) is 13.2 Å². The zero-order chi connectivity index (χ0) is 36.3. The third-order valence-electron chi connectivity index (χ3n) is 11.1. The lowest BCUT2D eigenvalue weighted by molar-refractivity contribution is -0.345. The van der Waals surface area contributed by atoms with Crippen LogP contribution in [0.25, 0.3) is 0 Å². The summed E-state index contributed by atoms with van der Waals surface area (Å²) in [6.45, 7) is 6.52. The molecule has 5 rings (SSSR count). The number of esters is 2. The molecule has 15 heteroatoms. The van der Waals surface area contributed by atoms with Crippen molar-refractivity contribution >= 4 is 23.8 Å². The SMILES string of the molecule is C#CCCOC(=O)N[C@@H](c1ccco1)[C@@H](O)C(=O)O[C@H]1C[C@@]2(O)[C@@H](OC(C)=O)[C@@H]3[C@]4(O)CO[C@@H]4C[C@H](O)[C@@]3(C)C(=O)[C@H](O)C(=C1C)C2(C)C. The number of carbonyl (C=O) groups excluding carboxylic acids is 4. The molecule has 0 spiro atoms. The number of alkyl carbamates (subject to hydrolysis) is 1. The van der Waals surface area contributed by atoms with Gasteiger partial charge in [0.2, 0.25) is 0 Å². The number of nitrogens with one attached hydrogen (secondary N) is 1. The number of hydrogen-bond acceptors (Lipinski definition) is 14. The molecule has 6 N–H and O–H groups in total. The average Bonchev–Trinajstić information content (AvgIpc) is 3.56. The maximum atomic E-state index is 14.4. The summed E-state index contributed by atoms with van der Waals surface area (Å²) in [6, 6.07) is 1.35. The lowest BCUT2D eigenvalue weighted by Crippen LogP contribution is -2.81. The molecule has 49 heavy (non-hydrogen) atoms. The summed E-state index contributed by atoms with van der Waals surface area (Å²) in [5.41, 5.74) is -7.51. The van der Waals surface area contributed by atoms with Crippen molar-refractivity contribution in [2.24, 2.45) is 16.7 Å². The Morgan fingerprint density at radius 1 is 1.18 bits per heavy atom. The Labute approximate surface area is 282 Å². The molecule has 0 radical (unpaired) electrons. The van der Waals surface area contributed by atoms with Gasteiger partial charge >= 0.3 is 18.0 Å². The molecule has 2 heterocycles. The van der Waals surface area contributed by atoms with Crippen molar-refractivity contribution in [1.29, 1.82) is 0 Å². The van der Waals surface area contributed by atoms with Gasteiger partial charge in [0, 0.05) is 37.5 Å². The molecule has 268 valence electrons. The lowest BCUT2D eigenvalue weighted by atomic mass is 9.45. The average molecular weight is 690 g/mol. The molecule has 11 atom stereocenters. The molecule has 1 aliphatic heterocycles. The molecule has 3 aliphatic carbocycles. The molecule has 0 unspecified atom stereocenters. The third kappa shape index (κ3) is 5.64. The Hall–Kier alpha value is -3.78. The van der Waals surface area contributed by atoms with E-state index in [1.54, 1.807) is 0 Å². The first kappa shape index (κ1) is 36.5. The molecule has 15 nitrogen and oxygen atoms in total. The lowest BCUT2D eigenvalue weighted by Gasteiger charge is -2.66. The normalized spacial score (nSPS) is 37.4. The number of aliphatic hydroxyl groups is 5. The van der Waals surface area contributed by atoms with Crippen LogP contribution >= 0.6 is 0 Å². The number of ketones is 1. The summed E-state index contributed by atoms with van der Waals surface area (Å²) in [5.74, 6) is -2.26. The summed E-state index contributed by atoms with van der Waals surface area (Å²) in [5, 5.41) is 61.5. The van der Waals surface area contributed by atoms with Gasteiger partial charge in [-0.2, -0.15) is 0 Å². The summed E-state index contributed by atoms with van der Waals surface area (Å²) in [6.07, 6.45) is -4.75. The molecule has 2 bridgehead atoms. The van der Waals surface area contributed by atoms with Crippen LogP contribution in [0.4, 0.5) is 4.79 Å². The fraction of sp³-hybridized carbons (Fsp3) is 0.647. The first-order valence-electron chi connectivity index (χ1n) is 16.0. The zero-order valence-corrected chi connectivity index (χ0v) is 27.9. The number of aliphatic hydroxyl groups excluding tert-OH is 3. The van der Waals surface area contributed by atoms with E-state index >= 15 is 0 Å². The number of terminal acetylenes is 1. The number of Topliss-reactive ketones (excluding diaryl/α,β-unsaturated/α-hetero) is 1. The Morgan fingerprint density at radius 2 is 1.88 bits per heavy atom. The van der Waals surface area contributed by atoms with Crippen LogP contribution in [-0.2, 0) is 33.3 Å². The number of amides is 1. The van der Waals surface area contributed by atoms with E-state index in [4.69, 9.17) is 29.8 Å². The van der Waals surface area contributed by atoms with Crippen LogP contribution in [0, 0.1) is 29.1 Å². The Bertz CT molecular complexity index is 1560. The molecular formula is C34H43NO14. The number of ether oxygens (including phenoxy) is 4. The van der Waals surface area contributed by atoms with E-state index in [1.165, 1.54) is 46.1 Å². The smallest absolute Gasteiger partial charge is 0.407 e. The first-order valence-corrected chi connectivity index (χ1v) is 16.0. The largest absolute Gasteiger partial charge is 0.467 e. The Balaban J connectivity index is 1.56. The molecule has 3 fully saturated rings. The van der Waals surface area contributed by atoms with E-state index in [9.17, 15) is 44.7 Å². The minimum absolute atomic E-state index is 0.0291. The number of furan rings is 1. The van der Waals surface area contributed by atoms with Crippen molar-refractivity contribution in [1.82, 2.24) is 5.32 Å². The van der Waals surface area contributed by atoms with Gasteiger partial charge in [-0.3, -0.25) is 9.59 Å². The second-order valence-corrected chi connectivity index (χ2v) is 14.0. The Kier molecular flexibility index (Phi) is 9.56. The first-order chi connectivity index (χ1) is 22.9. The van der Waals surface area contributed by atoms with Crippen LogP contribution < -0.4 is 5.32 Å². The van der Waals surface area contributed by atoms with Gasteiger partial charge < -0.3 is 54.2 Å². The Morgan fingerprint density at radius 3 is 2.45 bits per heavy atom. The second-order valence-electron chi connectivity index (χ2n) is 14.0. The third-order valence-corrected chi connectivity index (χ3v) is 11.1. The highest BCUT2D eigenvalue weighted by Gasteiger charge is 2.76. The van der Waals surface area contributed by atoms with Crippen molar-refractivity contribution < 1.29 is 68.1 Å². The maximum Gasteiger partial charge on any atom is 0.407 e. The highest BCUT2D eigenvalue weighted by Crippen LogP contribution is 2.63. The highest BCUT2D eigenvalue weighted by molar-refractivity contribution is 5.93. The molecule has 1 aromatic heterocycles. The van der Waals surface area contributed by atoms with Crippen molar-refractivity contribution in [2.45, 2.75) is 108 Å². The van der Waals surface area contributed by atoms with Gasteiger partial charge in [0.05, 0.1) is 30.5 Å².